The number of nitrogens with one attached hydrogen (secondary N) is 1. The molecular weight excluding hydrogens is 106 g/mol. The summed E-state index contributed by atoms with van der Waals surface area (Å²) in [5, 5.41) is 10.9. The summed E-state index contributed by atoms with van der Waals surface area (Å²) >= 11 is 0. The summed E-state index contributed by atoms with van der Waals surface area (Å²) in [7, 11) is 1.70. The molecule has 0 aliphatic heterocycles. The third-order valence-electron chi connectivity index (χ3n) is 0.698. The summed E-state index contributed by atoms with van der Waals surface area (Å²) in [4.78, 5) is 9.86. The Balaban J connectivity index is 3.54. The van der Waals surface area contributed by atoms with Gasteiger partial charge in [0, 0.05) is 12.1 Å². The van der Waals surface area contributed by atoms with E-state index in [9.17, 15) is 4.79 Å². The van der Waals surface area contributed by atoms with Gasteiger partial charge in [-0.15, -0.1) is 0 Å². The van der Waals surface area contributed by atoms with Crippen LogP contribution in [0.3, 0.4) is 0 Å². The maximum atomic E-state index is 9.86. The van der Waals surface area contributed by atoms with Crippen LogP contribution in [-0.2, 0) is 4.79 Å². The first-order chi connectivity index (χ1) is 3.85. The van der Waals surface area contributed by atoms with Crippen LogP contribution in [-0.4, -0.2) is 25.0 Å². The summed E-state index contributed by atoms with van der Waals surface area (Å²) < 4.78 is 0. The molecule has 0 saturated heterocycles. The van der Waals surface area contributed by atoms with Crippen LogP contribution in [0.25, 0.3) is 0 Å². The predicted molar refractivity (Wildman–Crippen MR) is 30.7 cm³/mol. The molecule has 0 aliphatic carbocycles. The van der Waals surface area contributed by atoms with Gasteiger partial charge in [-0.05, 0) is 7.05 Å². The number of aliphatic hydroxyl groups is 1. The van der Waals surface area contributed by atoms with Gasteiger partial charge >= 0.3 is 0 Å². The Morgan fingerprint density at radius 3 is 2.62 bits per heavy atom. The van der Waals surface area contributed by atoms with Crippen LogP contribution in [0.5, 0.6) is 0 Å². The van der Waals surface area contributed by atoms with Crippen molar-refractivity contribution in [2.75, 3.05) is 13.6 Å². The molecule has 0 spiro atoms. The molecule has 0 atom stereocenters. The van der Waals surface area contributed by atoms with Gasteiger partial charge in [0.15, 0.2) is 0 Å². The molecule has 3 nitrogen and oxygen atoms in total. The van der Waals surface area contributed by atoms with Gasteiger partial charge in [-0.3, -0.25) is 4.79 Å². The minimum atomic E-state index is 0.354. The first-order valence-corrected chi connectivity index (χ1v) is 2.28. The van der Waals surface area contributed by atoms with E-state index in [1.54, 1.807) is 7.05 Å². The Hall–Kier alpha value is -0.830. The highest BCUT2D eigenvalue weighted by atomic mass is 16.2. The molecule has 0 heterocycles. The van der Waals surface area contributed by atoms with E-state index in [1.807, 2.05) is 0 Å². The zero-order valence-electron chi connectivity index (χ0n) is 4.72. The lowest BCUT2D eigenvalue weighted by atomic mass is 10.3. The van der Waals surface area contributed by atoms with Crippen molar-refractivity contribution in [2.24, 2.45) is 0 Å². The number of likely N-dealkylation sites (N-methyl/N-ethyl adjacent to an activating group) is 1. The highest BCUT2D eigenvalue weighted by Crippen LogP contribution is 1.80. The van der Waals surface area contributed by atoms with Crippen LogP contribution < -0.4 is 5.32 Å². The monoisotopic (exact) mass is 115 g/mol. The molecule has 46 valence electrons. The number of carbonyl (C=O) groups is 1. The molecule has 0 radical (unpaired) electrons. The highest BCUT2D eigenvalue weighted by Gasteiger charge is 1.88. The van der Waals surface area contributed by atoms with Crippen molar-refractivity contribution in [3.8, 4) is 0 Å². The largest absolute Gasteiger partial charge is 0.515 e. The van der Waals surface area contributed by atoms with Crippen molar-refractivity contribution in [3.05, 3.63) is 11.8 Å². The second-order valence-electron chi connectivity index (χ2n) is 1.35. The molecule has 8 heavy (non-hydrogen) atoms. The molecular formula is C5H9NO2. The number of rotatable bonds is 3. The van der Waals surface area contributed by atoms with Crippen molar-refractivity contribution >= 4 is 6.29 Å². The molecule has 0 aromatic rings. The van der Waals surface area contributed by atoms with E-state index < -0.39 is 0 Å². The van der Waals surface area contributed by atoms with Crippen LogP contribution in [0.15, 0.2) is 11.8 Å². The quantitative estimate of drug-likeness (QED) is 0.305. The SMILES string of the molecule is CNC/C(C=O)=C\O. The first-order valence-electron chi connectivity index (χ1n) is 2.28. The van der Waals surface area contributed by atoms with E-state index >= 15 is 0 Å². The van der Waals surface area contributed by atoms with Crippen LogP contribution >= 0.6 is 0 Å². The van der Waals surface area contributed by atoms with Gasteiger partial charge in [0.25, 0.3) is 0 Å². The zero-order chi connectivity index (χ0) is 6.41. The molecule has 0 aliphatic rings. The summed E-state index contributed by atoms with van der Waals surface area (Å²) in [6, 6.07) is 0. The van der Waals surface area contributed by atoms with E-state index in [2.05, 4.69) is 5.32 Å². The van der Waals surface area contributed by atoms with Crippen molar-refractivity contribution in [2.45, 2.75) is 0 Å². The second kappa shape index (κ2) is 4.33. The zero-order valence-corrected chi connectivity index (χ0v) is 4.72. The van der Waals surface area contributed by atoms with Crippen molar-refractivity contribution in [1.29, 1.82) is 0 Å². The molecule has 0 aromatic carbocycles. The average Bonchev–Trinajstić information content (AvgIpc) is 1.83. The topological polar surface area (TPSA) is 49.3 Å². The van der Waals surface area contributed by atoms with E-state index in [4.69, 9.17) is 5.11 Å². The minimum absolute atomic E-state index is 0.354. The fraction of sp³-hybridized carbons (Fsp3) is 0.400. The Labute approximate surface area is 48.0 Å². The lowest BCUT2D eigenvalue weighted by Crippen LogP contribution is -2.10. The summed E-state index contributed by atoms with van der Waals surface area (Å²) in [5.41, 5.74) is 0.354. The van der Waals surface area contributed by atoms with Gasteiger partial charge in [0.1, 0.15) is 6.29 Å². The Bertz CT molecular complexity index is 98.6. The van der Waals surface area contributed by atoms with Crippen LogP contribution in [0.2, 0.25) is 0 Å². The van der Waals surface area contributed by atoms with E-state index in [-0.39, 0.29) is 0 Å². The fourth-order valence-corrected chi connectivity index (χ4v) is 0.322. The number of carbonyl (C=O) groups excluding carboxylic acids is 1. The molecule has 0 fully saturated rings. The molecule has 0 rings (SSSR count). The van der Waals surface area contributed by atoms with Gasteiger partial charge in [-0.25, -0.2) is 0 Å². The smallest absolute Gasteiger partial charge is 0.150 e. The van der Waals surface area contributed by atoms with Crippen LogP contribution in [0.1, 0.15) is 0 Å². The van der Waals surface area contributed by atoms with Gasteiger partial charge in [0.05, 0.1) is 6.26 Å². The van der Waals surface area contributed by atoms with Crippen molar-refractivity contribution in [1.82, 2.24) is 5.32 Å². The van der Waals surface area contributed by atoms with Gasteiger partial charge in [-0.1, -0.05) is 0 Å². The third-order valence-corrected chi connectivity index (χ3v) is 0.698. The van der Waals surface area contributed by atoms with Crippen LogP contribution in [0.4, 0.5) is 0 Å². The highest BCUT2D eigenvalue weighted by molar-refractivity contribution is 5.73. The fourth-order valence-electron chi connectivity index (χ4n) is 0.322. The van der Waals surface area contributed by atoms with E-state index in [1.165, 1.54) is 0 Å². The third kappa shape index (κ3) is 2.36. The normalized spacial score (nSPS) is 11.4. The standard InChI is InChI=1S/C5H9NO2/c1-6-2-5(3-7)4-8/h3-4,6-7H,2H2,1H3/b5-3+. The summed E-state index contributed by atoms with van der Waals surface area (Å²) in [5.74, 6) is 0. The molecule has 0 aromatic heterocycles. The number of aldehydes is 1. The maximum absolute atomic E-state index is 9.86. The maximum Gasteiger partial charge on any atom is 0.150 e. The average molecular weight is 115 g/mol. The van der Waals surface area contributed by atoms with E-state index in [0.717, 1.165) is 6.26 Å². The van der Waals surface area contributed by atoms with Crippen molar-refractivity contribution in [3.63, 3.8) is 0 Å². The second-order valence-corrected chi connectivity index (χ2v) is 1.35. The van der Waals surface area contributed by atoms with Crippen molar-refractivity contribution < 1.29 is 9.90 Å². The molecule has 0 amide bonds. The lowest BCUT2D eigenvalue weighted by molar-refractivity contribution is -0.105. The Morgan fingerprint density at radius 2 is 2.50 bits per heavy atom. The first kappa shape index (κ1) is 7.17. The summed E-state index contributed by atoms with van der Waals surface area (Å²) in [6.07, 6.45) is 1.40. The number of aliphatic hydroxyl groups excluding tert-OH is 1. The Kier molecular flexibility index (Phi) is 3.88. The van der Waals surface area contributed by atoms with E-state index in [0.29, 0.717) is 18.4 Å². The predicted octanol–water partition coefficient (Wildman–Crippen LogP) is -0.153. The van der Waals surface area contributed by atoms with Gasteiger partial charge in [-0.2, -0.15) is 0 Å². The summed E-state index contributed by atoms with van der Waals surface area (Å²) in [6.45, 7) is 0.417. The molecule has 0 unspecified atom stereocenters. The Morgan fingerprint density at radius 1 is 1.88 bits per heavy atom. The minimum Gasteiger partial charge on any atom is -0.515 e. The molecule has 3 heteroatoms. The number of hydrogen-bond acceptors (Lipinski definition) is 3. The van der Waals surface area contributed by atoms with Gasteiger partial charge < -0.3 is 10.4 Å². The van der Waals surface area contributed by atoms with Crippen LogP contribution in [0, 0.1) is 0 Å². The van der Waals surface area contributed by atoms with Gasteiger partial charge in [0.2, 0.25) is 0 Å². The lowest BCUT2D eigenvalue weighted by Gasteiger charge is -1.91. The molecule has 0 saturated carbocycles. The number of hydrogen-bond donors (Lipinski definition) is 2. The molecule has 0 bridgehead atoms. The molecule has 2 N–H and O–H groups in total.